The van der Waals surface area contributed by atoms with E-state index in [0.717, 1.165) is 6.42 Å². The normalized spacial score (nSPS) is 21.8. The molecule has 0 bridgehead atoms. The minimum absolute atomic E-state index is 0.359. The highest BCUT2D eigenvalue weighted by molar-refractivity contribution is 4.86. The third kappa shape index (κ3) is 3.77. The second-order valence-electron chi connectivity index (χ2n) is 3.39. The quantitative estimate of drug-likeness (QED) is 0.514. The predicted molar refractivity (Wildman–Crippen MR) is 49.3 cm³/mol. The summed E-state index contributed by atoms with van der Waals surface area (Å²) in [5.41, 5.74) is -0.826. The van der Waals surface area contributed by atoms with Crippen molar-refractivity contribution in [3.8, 4) is 12.3 Å². The Hall–Kier alpha value is -0.560. The van der Waals surface area contributed by atoms with Gasteiger partial charge in [0.1, 0.15) is 5.60 Å². The van der Waals surface area contributed by atoms with Gasteiger partial charge < -0.3 is 14.6 Å². The molecule has 0 aromatic heterocycles. The highest BCUT2D eigenvalue weighted by atomic mass is 16.6. The van der Waals surface area contributed by atoms with Gasteiger partial charge in [0, 0.05) is 6.42 Å². The third-order valence-corrected chi connectivity index (χ3v) is 2.08. The van der Waals surface area contributed by atoms with E-state index in [2.05, 4.69) is 5.92 Å². The van der Waals surface area contributed by atoms with Gasteiger partial charge in [-0.2, -0.15) is 0 Å². The Morgan fingerprint density at radius 3 is 2.46 bits per heavy atom. The number of ether oxygens (including phenoxy) is 2. The van der Waals surface area contributed by atoms with Crippen molar-refractivity contribution in [1.29, 1.82) is 0 Å². The van der Waals surface area contributed by atoms with Gasteiger partial charge in [-0.3, -0.25) is 0 Å². The van der Waals surface area contributed by atoms with Crippen LogP contribution < -0.4 is 0 Å². The van der Waals surface area contributed by atoms with Crippen LogP contribution in [0, 0.1) is 12.3 Å². The van der Waals surface area contributed by atoms with Gasteiger partial charge in [0.15, 0.2) is 0 Å². The van der Waals surface area contributed by atoms with Crippen LogP contribution in [-0.2, 0) is 9.47 Å². The molecule has 0 radical (unpaired) electrons. The molecular formula is C10H16O3. The fraction of sp³-hybridized carbons (Fsp3) is 0.800. The van der Waals surface area contributed by atoms with Gasteiger partial charge in [0.2, 0.25) is 0 Å². The number of hydrogen-bond donors (Lipinski definition) is 1. The van der Waals surface area contributed by atoms with Crippen molar-refractivity contribution in [2.24, 2.45) is 0 Å². The smallest absolute Gasteiger partial charge is 0.111 e. The Bertz CT molecular complexity index is 175. The van der Waals surface area contributed by atoms with Crippen LogP contribution in [0.1, 0.15) is 19.3 Å². The number of unbranched alkanes of at least 4 members (excludes halogenated alkanes) is 1. The molecular weight excluding hydrogens is 168 g/mol. The fourth-order valence-corrected chi connectivity index (χ4v) is 1.35. The second kappa shape index (κ2) is 5.23. The standard InChI is InChI=1S/C10H16O3/c1-2-3-4-5-10(11)8-12-6-7-13-9-10/h1,11H,3-9H2. The summed E-state index contributed by atoms with van der Waals surface area (Å²) in [4.78, 5) is 0. The van der Waals surface area contributed by atoms with Crippen LogP contribution in [0.5, 0.6) is 0 Å². The number of rotatable bonds is 3. The Labute approximate surface area is 79.0 Å². The molecule has 3 nitrogen and oxygen atoms in total. The van der Waals surface area contributed by atoms with Crippen molar-refractivity contribution < 1.29 is 14.6 Å². The van der Waals surface area contributed by atoms with Crippen LogP contribution in [0.3, 0.4) is 0 Å². The zero-order valence-electron chi connectivity index (χ0n) is 7.79. The van der Waals surface area contributed by atoms with E-state index in [9.17, 15) is 5.11 Å². The van der Waals surface area contributed by atoms with Gasteiger partial charge in [-0.15, -0.1) is 12.3 Å². The molecule has 74 valence electrons. The van der Waals surface area contributed by atoms with Crippen LogP contribution in [0.25, 0.3) is 0 Å². The number of hydrogen-bond acceptors (Lipinski definition) is 3. The summed E-state index contributed by atoms with van der Waals surface area (Å²) < 4.78 is 10.4. The summed E-state index contributed by atoms with van der Waals surface area (Å²) in [6.07, 6.45) is 7.29. The van der Waals surface area contributed by atoms with Crippen molar-refractivity contribution >= 4 is 0 Å². The molecule has 13 heavy (non-hydrogen) atoms. The van der Waals surface area contributed by atoms with E-state index in [-0.39, 0.29) is 0 Å². The molecule has 0 aromatic carbocycles. The van der Waals surface area contributed by atoms with E-state index in [1.807, 2.05) is 0 Å². The van der Waals surface area contributed by atoms with Crippen molar-refractivity contribution in [1.82, 2.24) is 0 Å². The maximum Gasteiger partial charge on any atom is 0.111 e. The molecule has 0 saturated carbocycles. The Kier molecular flexibility index (Phi) is 4.23. The molecule has 1 N–H and O–H groups in total. The number of terminal acetylenes is 1. The van der Waals surface area contributed by atoms with E-state index in [4.69, 9.17) is 15.9 Å². The lowest BCUT2D eigenvalue weighted by molar-refractivity contribution is -0.0611. The first-order chi connectivity index (χ1) is 6.27. The van der Waals surface area contributed by atoms with Crippen molar-refractivity contribution in [3.05, 3.63) is 0 Å². The molecule has 0 spiro atoms. The summed E-state index contributed by atoms with van der Waals surface area (Å²) in [7, 11) is 0. The lowest BCUT2D eigenvalue weighted by Gasteiger charge is -2.24. The van der Waals surface area contributed by atoms with E-state index < -0.39 is 5.60 Å². The van der Waals surface area contributed by atoms with Gasteiger partial charge in [0.25, 0.3) is 0 Å². The van der Waals surface area contributed by atoms with Crippen molar-refractivity contribution in [2.75, 3.05) is 26.4 Å². The van der Waals surface area contributed by atoms with Crippen LogP contribution >= 0.6 is 0 Å². The maximum atomic E-state index is 9.96. The monoisotopic (exact) mass is 184 g/mol. The average Bonchev–Trinajstić information content (AvgIpc) is 2.31. The van der Waals surface area contributed by atoms with E-state index in [0.29, 0.717) is 39.3 Å². The molecule has 1 rings (SSSR count). The largest absolute Gasteiger partial charge is 0.385 e. The molecule has 1 heterocycles. The van der Waals surface area contributed by atoms with Crippen LogP contribution in [0.2, 0.25) is 0 Å². The molecule has 0 unspecified atom stereocenters. The Morgan fingerprint density at radius 1 is 1.31 bits per heavy atom. The first kappa shape index (κ1) is 10.5. The van der Waals surface area contributed by atoms with E-state index in [1.165, 1.54) is 0 Å². The molecule has 0 aromatic rings. The van der Waals surface area contributed by atoms with Gasteiger partial charge in [0.05, 0.1) is 26.4 Å². The summed E-state index contributed by atoms with van der Waals surface area (Å²) in [5, 5.41) is 9.96. The molecule has 0 atom stereocenters. The molecule has 1 saturated heterocycles. The number of aliphatic hydroxyl groups is 1. The first-order valence-corrected chi connectivity index (χ1v) is 4.58. The van der Waals surface area contributed by atoms with Crippen LogP contribution in [-0.4, -0.2) is 37.1 Å². The van der Waals surface area contributed by atoms with Gasteiger partial charge in [-0.1, -0.05) is 0 Å². The Morgan fingerprint density at radius 2 is 1.92 bits per heavy atom. The van der Waals surface area contributed by atoms with E-state index >= 15 is 0 Å². The van der Waals surface area contributed by atoms with E-state index in [1.54, 1.807) is 0 Å². The Balaban J connectivity index is 2.30. The summed E-state index contributed by atoms with van der Waals surface area (Å²) in [6, 6.07) is 0. The highest BCUT2D eigenvalue weighted by Crippen LogP contribution is 2.17. The predicted octanol–water partition coefficient (Wildman–Crippen LogP) is 0.568. The molecule has 1 aliphatic rings. The lowest BCUT2D eigenvalue weighted by Crippen LogP contribution is -2.37. The summed E-state index contributed by atoms with van der Waals surface area (Å²) in [5.74, 6) is 2.55. The van der Waals surface area contributed by atoms with Gasteiger partial charge in [-0.25, -0.2) is 0 Å². The molecule has 1 fully saturated rings. The third-order valence-electron chi connectivity index (χ3n) is 2.08. The highest BCUT2D eigenvalue weighted by Gasteiger charge is 2.28. The van der Waals surface area contributed by atoms with Gasteiger partial charge >= 0.3 is 0 Å². The maximum absolute atomic E-state index is 9.96. The second-order valence-corrected chi connectivity index (χ2v) is 3.39. The zero-order chi connectivity index (χ0) is 9.57. The molecule has 0 aliphatic carbocycles. The van der Waals surface area contributed by atoms with Crippen LogP contribution in [0.4, 0.5) is 0 Å². The fourth-order valence-electron chi connectivity index (χ4n) is 1.35. The molecule has 3 heteroatoms. The first-order valence-electron chi connectivity index (χ1n) is 4.58. The minimum Gasteiger partial charge on any atom is -0.385 e. The summed E-state index contributed by atoms with van der Waals surface area (Å²) >= 11 is 0. The molecule has 1 aliphatic heterocycles. The lowest BCUT2D eigenvalue weighted by atomic mass is 9.99. The van der Waals surface area contributed by atoms with Crippen LogP contribution in [0.15, 0.2) is 0 Å². The minimum atomic E-state index is -0.826. The van der Waals surface area contributed by atoms with Crippen molar-refractivity contribution in [2.45, 2.75) is 24.9 Å². The topological polar surface area (TPSA) is 38.7 Å². The SMILES string of the molecule is C#CCCCC1(O)COCCOC1. The summed E-state index contributed by atoms with van der Waals surface area (Å²) in [6.45, 7) is 1.85. The molecule has 0 amide bonds. The zero-order valence-corrected chi connectivity index (χ0v) is 7.79. The van der Waals surface area contributed by atoms with Crippen molar-refractivity contribution in [3.63, 3.8) is 0 Å². The average molecular weight is 184 g/mol. The van der Waals surface area contributed by atoms with Gasteiger partial charge in [-0.05, 0) is 12.8 Å².